The Morgan fingerprint density at radius 2 is 2.00 bits per heavy atom. The largest absolute Gasteiger partial charge is 0.391 e. The average molecular weight is 402 g/mol. The maximum atomic E-state index is 15.5. The SMILES string of the molecule is O=C1CN(C2C(O)CC3CCN(C4CC5(CNC5)C4)CC3C2F)S(=O)(=O)N1. The number of likely N-dealkylation sites (tertiary alicyclic amines) is 1. The summed E-state index contributed by atoms with van der Waals surface area (Å²) in [5.74, 6) is -0.902. The van der Waals surface area contributed by atoms with Crippen molar-refractivity contribution < 1.29 is 22.7 Å². The first-order valence-electron chi connectivity index (χ1n) is 9.87. The molecule has 3 saturated heterocycles. The van der Waals surface area contributed by atoms with Crippen LogP contribution < -0.4 is 10.0 Å². The molecule has 0 radical (unpaired) electrons. The van der Waals surface area contributed by atoms with Crippen LogP contribution >= 0.6 is 0 Å². The number of hydrogen-bond donors (Lipinski definition) is 3. The molecule has 2 aliphatic carbocycles. The molecule has 0 aromatic carbocycles. The lowest BCUT2D eigenvalue weighted by atomic mass is 9.60. The fourth-order valence-corrected chi connectivity index (χ4v) is 7.33. The number of piperidine rings is 1. The number of hydrogen-bond acceptors (Lipinski definition) is 6. The molecule has 10 heteroatoms. The summed E-state index contributed by atoms with van der Waals surface area (Å²) in [6, 6.07) is -0.692. The molecule has 1 spiro atoms. The molecule has 5 fully saturated rings. The summed E-state index contributed by atoms with van der Waals surface area (Å²) in [5, 5.41) is 13.8. The van der Waals surface area contributed by atoms with Crippen LogP contribution in [0.1, 0.15) is 25.7 Å². The normalized spacial score (nSPS) is 44.4. The van der Waals surface area contributed by atoms with Crippen LogP contribution in [0.2, 0.25) is 0 Å². The highest BCUT2D eigenvalue weighted by Crippen LogP contribution is 2.49. The summed E-state index contributed by atoms with van der Waals surface area (Å²) < 4.78 is 42.5. The smallest absolute Gasteiger partial charge is 0.304 e. The van der Waals surface area contributed by atoms with Gasteiger partial charge in [0.05, 0.1) is 18.7 Å². The average Bonchev–Trinajstić information content (AvgIpc) is 2.77. The predicted molar refractivity (Wildman–Crippen MR) is 94.6 cm³/mol. The summed E-state index contributed by atoms with van der Waals surface area (Å²) in [4.78, 5) is 13.9. The lowest BCUT2D eigenvalue weighted by Crippen LogP contribution is -2.67. The Kier molecular flexibility index (Phi) is 4.11. The van der Waals surface area contributed by atoms with Crippen LogP contribution in [-0.4, -0.2) is 85.7 Å². The van der Waals surface area contributed by atoms with E-state index in [2.05, 4.69) is 10.2 Å². The van der Waals surface area contributed by atoms with Gasteiger partial charge in [-0.05, 0) is 43.6 Å². The number of alkyl halides is 1. The zero-order valence-electron chi connectivity index (χ0n) is 15.2. The molecule has 5 aliphatic rings. The van der Waals surface area contributed by atoms with E-state index in [0.29, 0.717) is 24.4 Å². The number of carbonyl (C=O) groups is 1. The van der Waals surface area contributed by atoms with Gasteiger partial charge in [0.25, 0.3) is 0 Å². The number of carbonyl (C=O) groups excluding carboxylic acids is 1. The van der Waals surface area contributed by atoms with Gasteiger partial charge in [-0.3, -0.25) is 9.69 Å². The molecule has 0 bridgehead atoms. The summed E-state index contributed by atoms with van der Waals surface area (Å²) in [5.41, 5.74) is 0.456. The summed E-state index contributed by atoms with van der Waals surface area (Å²) in [6.45, 7) is 3.28. The van der Waals surface area contributed by atoms with Crippen molar-refractivity contribution in [2.45, 2.75) is 50.0 Å². The number of amides is 1. The number of aliphatic hydroxyl groups is 1. The molecule has 8 nitrogen and oxygen atoms in total. The standard InChI is InChI=1S/C17H27FN4O4S/c18-15-12-6-21(11-4-17(5-11)8-19-9-17)2-1-10(12)3-13(23)16(15)22-7-14(24)20-27(22,25)26/h10-13,15-16,19,23H,1-9H2,(H,20,24). The zero-order chi connectivity index (χ0) is 19.0. The van der Waals surface area contributed by atoms with Crippen LogP contribution in [0.5, 0.6) is 0 Å². The monoisotopic (exact) mass is 402 g/mol. The van der Waals surface area contributed by atoms with Crippen molar-refractivity contribution >= 4 is 16.1 Å². The van der Waals surface area contributed by atoms with Crippen molar-refractivity contribution in [1.29, 1.82) is 0 Å². The number of nitrogens with zero attached hydrogens (tertiary/aromatic N) is 2. The first kappa shape index (κ1) is 18.2. The van der Waals surface area contributed by atoms with Gasteiger partial charge in [-0.2, -0.15) is 12.7 Å². The molecular weight excluding hydrogens is 375 g/mol. The number of halogens is 1. The highest BCUT2D eigenvalue weighted by Gasteiger charge is 2.56. The Bertz CT molecular complexity index is 737. The van der Waals surface area contributed by atoms with Crippen LogP contribution in [0.15, 0.2) is 0 Å². The molecular formula is C17H27FN4O4S. The maximum absolute atomic E-state index is 15.5. The second kappa shape index (κ2) is 6.09. The highest BCUT2D eigenvalue weighted by atomic mass is 32.2. The first-order chi connectivity index (χ1) is 12.8. The van der Waals surface area contributed by atoms with Gasteiger partial charge in [0, 0.05) is 31.6 Å². The predicted octanol–water partition coefficient (Wildman–Crippen LogP) is -1.18. The fraction of sp³-hybridized carbons (Fsp3) is 0.941. The molecule has 152 valence electrons. The van der Waals surface area contributed by atoms with E-state index < -0.39 is 41.0 Å². The van der Waals surface area contributed by atoms with Crippen molar-refractivity contribution in [1.82, 2.24) is 19.2 Å². The number of fused-ring (bicyclic) bond motifs is 1. The zero-order valence-corrected chi connectivity index (χ0v) is 16.0. The molecule has 5 rings (SSSR count). The molecule has 5 unspecified atom stereocenters. The van der Waals surface area contributed by atoms with E-state index in [1.54, 1.807) is 0 Å². The van der Waals surface area contributed by atoms with Crippen molar-refractivity contribution in [2.75, 3.05) is 32.7 Å². The molecule has 3 heterocycles. The van der Waals surface area contributed by atoms with E-state index in [1.807, 2.05) is 4.72 Å². The minimum atomic E-state index is -4.06. The van der Waals surface area contributed by atoms with E-state index in [0.717, 1.165) is 43.2 Å². The Labute approximate surface area is 158 Å². The van der Waals surface area contributed by atoms with E-state index >= 15 is 4.39 Å². The van der Waals surface area contributed by atoms with Crippen LogP contribution in [0, 0.1) is 17.3 Å². The van der Waals surface area contributed by atoms with Crippen molar-refractivity contribution in [3.8, 4) is 0 Å². The van der Waals surface area contributed by atoms with Gasteiger partial charge in [-0.25, -0.2) is 9.11 Å². The van der Waals surface area contributed by atoms with Gasteiger partial charge in [0.15, 0.2) is 0 Å². The Balaban J connectivity index is 1.31. The molecule has 5 atom stereocenters. The third kappa shape index (κ3) is 2.83. The summed E-state index contributed by atoms with van der Waals surface area (Å²) in [6.07, 6.45) is 0.980. The van der Waals surface area contributed by atoms with Gasteiger partial charge in [0.1, 0.15) is 6.17 Å². The van der Waals surface area contributed by atoms with Crippen molar-refractivity contribution in [3.63, 3.8) is 0 Å². The molecule has 1 amide bonds. The molecule has 3 N–H and O–H groups in total. The van der Waals surface area contributed by atoms with Crippen LogP contribution in [0.3, 0.4) is 0 Å². The van der Waals surface area contributed by atoms with Crippen LogP contribution in [0.25, 0.3) is 0 Å². The van der Waals surface area contributed by atoms with Crippen molar-refractivity contribution in [3.05, 3.63) is 0 Å². The lowest BCUT2D eigenvalue weighted by molar-refractivity contribution is -0.121. The minimum absolute atomic E-state index is 0.0656. The molecule has 0 aromatic heterocycles. The van der Waals surface area contributed by atoms with Gasteiger partial charge in [-0.15, -0.1) is 0 Å². The Hall–Kier alpha value is -0.810. The minimum Gasteiger partial charge on any atom is -0.391 e. The van der Waals surface area contributed by atoms with Crippen molar-refractivity contribution in [2.24, 2.45) is 17.3 Å². The summed E-state index contributed by atoms with van der Waals surface area (Å²) in [7, 11) is -4.06. The molecule has 27 heavy (non-hydrogen) atoms. The Morgan fingerprint density at radius 3 is 2.59 bits per heavy atom. The molecule has 2 saturated carbocycles. The van der Waals surface area contributed by atoms with E-state index in [-0.39, 0.29) is 11.8 Å². The topological polar surface area (TPSA) is 102 Å². The molecule has 0 aromatic rings. The first-order valence-corrected chi connectivity index (χ1v) is 11.3. The second-order valence-corrected chi connectivity index (χ2v) is 10.8. The van der Waals surface area contributed by atoms with Crippen LogP contribution in [0.4, 0.5) is 4.39 Å². The second-order valence-electron chi connectivity index (χ2n) is 9.19. The van der Waals surface area contributed by atoms with Gasteiger partial charge in [-0.1, -0.05) is 0 Å². The third-order valence-electron chi connectivity index (χ3n) is 7.55. The highest BCUT2D eigenvalue weighted by molar-refractivity contribution is 7.88. The fourth-order valence-electron chi connectivity index (χ4n) is 6.00. The number of rotatable bonds is 2. The van der Waals surface area contributed by atoms with Gasteiger partial charge in [0.2, 0.25) is 5.91 Å². The third-order valence-corrected chi connectivity index (χ3v) is 9.02. The number of nitrogens with one attached hydrogen (secondary N) is 2. The van der Waals surface area contributed by atoms with Gasteiger partial charge < -0.3 is 10.4 Å². The lowest BCUT2D eigenvalue weighted by Gasteiger charge is -2.59. The van der Waals surface area contributed by atoms with E-state index in [1.165, 1.54) is 0 Å². The molecule has 3 aliphatic heterocycles. The van der Waals surface area contributed by atoms with Gasteiger partial charge >= 0.3 is 10.2 Å². The summed E-state index contributed by atoms with van der Waals surface area (Å²) >= 11 is 0. The number of aliphatic hydroxyl groups excluding tert-OH is 1. The maximum Gasteiger partial charge on any atom is 0.304 e. The quantitative estimate of drug-likeness (QED) is 0.538. The van der Waals surface area contributed by atoms with E-state index in [4.69, 9.17) is 0 Å². The Morgan fingerprint density at radius 1 is 1.26 bits per heavy atom. The van der Waals surface area contributed by atoms with Crippen LogP contribution in [-0.2, 0) is 15.0 Å². The van der Waals surface area contributed by atoms with E-state index in [9.17, 15) is 18.3 Å².